The predicted octanol–water partition coefficient (Wildman–Crippen LogP) is 4.13. The van der Waals surface area contributed by atoms with Crippen molar-refractivity contribution in [3.63, 3.8) is 0 Å². The summed E-state index contributed by atoms with van der Waals surface area (Å²) in [6.45, 7) is 4.37. The summed E-state index contributed by atoms with van der Waals surface area (Å²) in [4.78, 5) is 0. The molecule has 0 aliphatic carbocycles. The highest BCUT2D eigenvalue weighted by Crippen LogP contribution is 2.27. The SMILES string of the molecule is CC(C)c1cccn1-c1cc(Cl)c2[nH]ncc2c1. The summed E-state index contributed by atoms with van der Waals surface area (Å²) in [7, 11) is 0. The van der Waals surface area contributed by atoms with Crippen LogP contribution in [0.15, 0.2) is 36.7 Å². The summed E-state index contributed by atoms with van der Waals surface area (Å²) >= 11 is 6.27. The van der Waals surface area contributed by atoms with Crippen LogP contribution in [-0.4, -0.2) is 14.8 Å². The van der Waals surface area contributed by atoms with Gasteiger partial charge in [-0.1, -0.05) is 25.4 Å². The van der Waals surface area contributed by atoms with Crippen LogP contribution in [-0.2, 0) is 0 Å². The number of nitrogens with zero attached hydrogens (tertiary/aromatic N) is 2. The minimum Gasteiger partial charge on any atom is -0.321 e. The van der Waals surface area contributed by atoms with E-state index in [0.29, 0.717) is 10.9 Å². The average Bonchev–Trinajstić information content (AvgIpc) is 2.97. The summed E-state index contributed by atoms with van der Waals surface area (Å²) in [6.07, 6.45) is 3.86. The van der Waals surface area contributed by atoms with Gasteiger partial charge in [-0.2, -0.15) is 5.10 Å². The Morgan fingerprint density at radius 1 is 1.33 bits per heavy atom. The number of hydrogen-bond acceptors (Lipinski definition) is 1. The molecule has 3 rings (SSSR count). The number of rotatable bonds is 2. The molecular weight excluding hydrogens is 246 g/mol. The Kier molecular flexibility index (Phi) is 2.63. The molecule has 2 heterocycles. The molecule has 4 heteroatoms. The third-order valence-electron chi connectivity index (χ3n) is 3.14. The van der Waals surface area contributed by atoms with Crippen molar-refractivity contribution in [1.82, 2.24) is 14.8 Å². The number of halogens is 1. The van der Waals surface area contributed by atoms with Gasteiger partial charge in [0.2, 0.25) is 0 Å². The molecule has 0 unspecified atom stereocenters. The van der Waals surface area contributed by atoms with Crippen LogP contribution >= 0.6 is 11.6 Å². The van der Waals surface area contributed by atoms with Crippen LogP contribution in [0, 0.1) is 0 Å². The van der Waals surface area contributed by atoms with Crippen LogP contribution < -0.4 is 0 Å². The smallest absolute Gasteiger partial charge is 0.0838 e. The number of H-pyrrole nitrogens is 1. The van der Waals surface area contributed by atoms with Gasteiger partial charge in [0, 0.05) is 23.0 Å². The summed E-state index contributed by atoms with van der Waals surface area (Å²) in [5.74, 6) is 0.471. The van der Waals surface area contributed by atoms with Crippen LogP contribution in [0.25, 0.3) is 16.6 Å². The van der Waals surface area contributed by atoms with Crippen LogP contribution in [0.5, 0.6) is 0 Å². The van der Waals surface area contributed by atoms with Gasteiger partial charge in [0.05, 0.1) is 16.7 Å². The first-order valence-corrected chi connectivity index (χ1v) is 6.35. The maximum atomic E-state index is 6.27. The Labute approximate surface area is 110 Å². The quantitative estimate of drug-likeness (QED) is 0.738. The lowest BCUT2D eigenvalue weighted by molar-refractivity contribution is 0.788. The van der Waals surface area contributed by atoms with Gasteiger partial charge in [0.25, 0.3) is 0 Å². The summed E-state index contributed by atoms with van der Waals surface area (Å²) < 4.78 is 2.17. The monoisotopic (exact) mass is 259 g/mol. The molecule has 0 bridgehead atoms. The minimum absolute atomic E-state index is 0.471. The molecule has 0 spiro atoms. The number of fused-ring (bicyclic) bond motifs is 1. The Morgan fingerprint density at radius 2 is 2.17 bits per heavy atom. The number of benzene rings is 1. The molecule has 0 aliphatic rings. The highest BCUT2D eigenvalue weighted by atomic mass is 35.5. The van der Waals surface area contributed by atoms with E-state index in [1.54, 1.807) is 6.20 Å². The summed E-state index contributed by atoms with van der Waals surface area (Å²) in [5, 5.41) is 8.66. The highest BCUT2D eigenvalue weighted by Gasteiger charge is 2.10. The minimum atomic E-state index is 0.471. The largest absolute Gasteiger partial charge is 0.321 e. The van der Waals surface area contributed by atoms with Crippen molar-refractivity contribution in [3.8, 4) is 5.69 Å². The average molecular weight is 260 g/mol. The molecule has 18 heavy (non-hydrogen) atoms. The molecule has 0 saturated heterocycles. The number of hydrogen-bond donors (Lipinski definition) is 1. The fourth-order valence-electron chi connectivity index (χ4n) is 2.24. The molecule has 0 radical (unpaired) electrons. The molecule has 0 amide bonds. The van der Waals surface area contributed by atoms with E-state index in [0.717, 1.165) is 16.6 Å². The number of aromatic nitrogens is 3. The lowest BCUT2D eigenvalue weighted by Crippen LogP contribution is -2.00. The van der Waals surface area contributed by atoms with E-state index in [9.17, 15) is 0 Å². The van der Waals surface area contributed by atoms with Crippen molar-refractivity contribution in [1.29, 1.82) is 0 Å². The molecule has 1 N–H and O–H groups in total. The van der Waals surface area contributed by atoms with Crippen molar-refractivity contribution in [2.75, 3.05) is 0 Å². The third kappa shape index (κ3) is 1.71. The van der Waals surface area contributed by atoms with Crippen molar-refractivity contribution in [3.05, 3.63) is 47.4 Å². The Balaban J connectivity index is 2.22. The van der Waals surface area contributed by atoms with Gasteiger partial charge in [-0.3, -0.25) is 5.10 Å². The normalized spacial score (nSPS) is 11.6. The van der Waals surface area contributed by atoms with Crippen molar-refractivity contribution in [2.45, 2.75) is 19.8 Å². The first kappa shape index (κ1) is 11.4. The summed E-state index contributed by atoms with van der Waals surface area (Å²) in [5.41, 5.74) is 3.23. The zero-order valence-corrected chi connectivity index (χ0v) is 11.1. The maximum Gasteiger partial charge on any atom is 0.0838 e. The third-order valence-corrected chi connectivity index (χ3v) is 3.43. The Morgan fingerprint density at radius 3 is 2.94 bits per heavy atom. The topological polar surface area (TPSA) is 33.6 Å². The van der Waals surface area contributed by atoms with E-state index in [1.165, 1.54) is 5.69 Å². The lowest BCUT2D eigenvalue weighted by atomic mass is 10.1. The van der Waals surface area contributed by atoms with Crippen LogP contribution in [0.2, 0.25) is 5.02 Å². The first-order chi connectivity index (χ1) is 8.66. The Bertz CT molecular complexity index is 694. The maximum absolute atomic E-state index is 6.27. The molecule has 92 valence electrons. The molecular formula is C14H14ClN3. The van der Waals surface area contributed by atoms with Crippen LogP contribution in [0.4, 0.5) is 0 Å². The van der Waals surface area contributed by atoms with Gasteiger partial charge in [-0.15, -0.1) is 0 Å². The molecule has 0 atom stereocenters. The molecule has 3 aromatic rings. The van der Waals surface area contributed by atoms with E-state index >= 15 is 0 Å². The molecule has 0 fully saturated rings. The van der Waals surface area contributed by atoms with Gasteiger partial charge in [0.1, 0.15) is 0 Å². The molecule has 0 saturated carbocycles. The van der Waals surface area contributed by atoms with E-state index in [-0.39, 0.29) is 0 Å². The van der Waals surface area contributed by atoms with Crippen molar-refractivity contribution in [2.24, 2.45) is 0 Å². The molecule has 0 aliphatic heterocycles. The first-order valence-electron chi connectivity index (χ1n) is 5.97. The zero-order chi connectivity index (χ0) is 12.7. The van der Waals surface area contributed by atoms with Crippen LogP contribution in [0.3, 0.4) is 0 Å². The second kappa shape index (κ2) is 4.18. The highest BCUT2D eigenvalue weighted by molar-refractivity contribution is 6.35. The van der Waals surface area contributed by atoms with E-state index in [1.807, 2.05) is 6.07 Å². The van der Waals surface area contributed by atoms with E-state index in [2.05, 4.69) is 53.0 Å². The molecule has 3 nitrogen and oxygen atoms in total. The van der Waals surface area contributed by atoms with Gasteiger partial charge < -0.3 is 4.57 Å². The molecule has 2 aromatic heterocycles. The number of aromatic amines is 1. The fourth-order valence-corrected chi connectivity index (χ4v) is 2.50. The van der Waals surface area contributed by atoms with E-state index < -0.39 is 0 Å². The second-order valence-corrected chi connectivity index (χ2v) is 5.13. The molecule has 1 aromatic carbocycles. The number of nitrogens with one attached hydrogen (secondary N) is 1. The van der Waals surface area contributed by atoms with Gasteiger partial charge >= 0.3 is 0 Å². The second-order valence-electron chi connectivity index (χ2n) is 4.72. The van der Waals surface area contributed by atoms with E-state index in [4.69, 9.17) is 11.6 Å². The van der Waals surface area contributed by atoms with Crippen molar-refractivity contribution >= 4 is 22.5 Å². The van der Waals surface area contributed by atoms with Gasteiger partial charge in [-0.25, -0.2) is 0 Å². The fraction of sp³-hybridized carbons (Fsp3) is 0.214. The van der Waals surface area contributed by atoms with Gasteiger partial charge in [-0.05, 0) is 30.2 Å². The predicted molar refractivity (Wildman–Crippen MR) is 74.5 cm³/mol. The summed E-state index contributed by atoms with van der Waals surface area (Å²) in [6, 6.07) is 8.26. The Hall–Kier alpha value is -1.74. The van der Waals surface area contributed by atoms with Gasteiger partial charge in [0.15, 0.2) is 0 Å². The van der Waals surface area contributed by atoms with Crippen LogP contribution in [0.1, 0.15) is 25.5 Å². The zero-order valence-electron chi connectivity index (χ0n) is 10.3. The van der Waals surface area contributed by atoms with Crippen molar-refractivity contribution < 1.29 is 0 Å². The standard InChI is InChI=1S/C14H14ClN3/c1-9(2)13-4-3-5-18(13)11-6-10-8-16-17-14(10)12(15)7-11/h3-9H,1-2H3,(H,16,17). The lowest BCUT2D eigenvalue weighted by Gasteiger charge is -2.12.